The van der Waals surface area contributed by atoms with Crippen LogP contribution in [0.2, 0.25) is 0 Å². The number of amides is 1. The van der Waals surface area contributed by atoms with Gasteiger partial charge in [0.05, 0.1) is 36.5 Å². The summed E-state index contributed by atoms with van der Waals surface area (Å²) in [4.78, 5) is 27.4. The normalized spacial score (nSPS) is 32.8. The first-order valence-corrected chi connectivity index (χ1v) is 11.6. The van der Waals surface area contributed by atoms with E-state index in [0.717, 1.165) is 62.5 Å². The molecule has 30 heavy (non-hydrogen) atoms. The Labute approximate surface area is 179 Å². The number of aromatic nitrogens is 2. The van der Waals surface area contributed by atoms with E-state index in [4.69, 9.17) is 14.5 Å². The van der Waals surface area contributed by atoms with Crippen molar-refractivity contribution in [2.24, 2.45) is 5.41 Å². The number of ether oxygens (including phenoxy) is 2. The Morgan fingerprint density at radius 3 is 2.67 bits per heavy atom. The van der Waals surface area contributed by atoms with Crippen LogP contribution in [0.1, 0.15) is 64.1 Å². The molecule has 4 aliphatic rings. The van der Waals surface area contributed by atoms with Gasteiger partial charge in [0.2, 0.25) is 11.9 Å². The van der Waals surface area contributed by atoms with Crippen LogP contribution in [-0.2, 0) is 26.3 Å². The molecule has 0 N–H and O–H groups in total. The van der Waals surface area contributed by atoms with Gasteiger partial charge in [-0.25, -0.2) is 9.97 Å². The van der Waals surface area contributed by atoms with E-state index in [1.807, 2.05) is 6.20 Å². The fourth-order valence-electron chi connectivity index (χ4n) is 5.90. The lowest BCUT2D eigenvalue weighted by molar-refractivity contribution is -0.147. The van der Waals surface area contributed by atoms with Gasteiger partial charge >= 0.3 is 0 Å². The van der Waals surface area contributed by atoms with Crippen LogP contribution < -0.4 is 4.90 Å². The van der Waals surface area contributed by atoms with Gasteiger partial charge in [0, 0.05) is 43.4 Å². The summed E-state index contributed by atoms with van der Waals surface area (Å²) in [7, 11) is 0. The molecular weight excluding hydrogens is 380 g/mol. The van der Waals surface area contributed by atoms with E-state index in [9.17, 15) is 4.79 Å². The van der Waals surface area contributed by atoms with Crippen LogP contribution in [0.3, 0.4) is 0 Å². The molecule has 3 fully saturated rings. The summed E-state index contributed by atoms with van der Waals surface area (Å²) >= 11 is 0. The van der Waals surface area contributed by atoms with Gasteiger partial charge in [-0.15, -0.1) is 0 Å². The van der Waals surface area contributed by atoms with Crippen molar-refractivity contribution < 1.29 is 14.3 Å². The zero-order valence-corrected chi connectivity index (χ0v) is 18.5. The predicted octanol–water partition coefficient (Wildman–Crippen LogP) is 2.67. The molecule has 7 heteroatoms. The number of fused-ring (bicyclic) bond motifs is 2. The van der Waals surface area contributed by atoms with Gasteiger partial charge in [-0.05, 0) is 39.5 Å². The maximum Gasteiger partial charge on any atom is 0.228 e. The highest BCUT2D eigenvalue weighted by atomic mass is 16.5. The van der Waals surface area contributed by atoms with Crippen LogP contribution in [0, 0.1) is 5.41 Å². The Balaban J connectivity index is 1.41. The predicted molar refractivity (Wildman–Crippen MR) is 113 cm³/mol. The summed E-state index contributed by atoms with van der Waals surface area (Å²) in [5.74, 6) is 1.14. The van der Waals surface area contributed by atoms with Crippen molar-refractivity contribution in [1.29, 1.82) is 0 Å². The van der Waals surface area contributed by atoms with E-state index >= 15 is 0 Å². The average Bonchev–Trinajstić information content (AvgIpc) is 3.11. The van der Waals surface area contributed by atoms with Gasteiger partial charge in [0.1, 0.15) is 0 Å². The Hall–Kier alpha value is -1.73. The smallest absolute Gasteiger partial charge is 0.228 e. The van der Waals surface area contributed by atoms with Crippen LogP contribution in [0.15, 0.2) is 6.20 Å². The quantitative estimate of drug-likeness (QED) is 0.758. The number of carbonyl (C=O) groups excluding carboxylic acids is 1. The molecule has 1 saturated carbocycles. The SMILES string of the molecule is CCC1(C(=O)N2CC[C@]3(COCc4cnc(N5C[C@@H](C)O[C@H](C)C5)nc43)C2)CCC1. The average molecular weight is 415 g/mol. The van der Waals surface area contributed by atoms with Crippen molar-refractivity contribution in [3.8, 4) is 0 Å². The van der Waals surface area contributed by atoms with Crippen LogP contribution in [0.4, 0.5) is 5.95 Å². The van der Waals surface area contributed by atoms with Crippen molar-refractivity contribution in [2.45, 2.75) is 77.1 Å². The van der Waals surface area contributed by atoms with Crippen molar-refractivity contribution >= 4 is 11.9 Å². The van der Waals surface area contributed by atoms with Crippen molar-refractivity contribution in [1.82, 2.24) is 14.9 Å². The molecule has 3 aliphatic heterocycles. The monoisotopic (exact) mass is 414 g/mol. The second-order valence-electron chi connectivity index (χ2n) is 9.94. The molecule has 1 spiro atoms. The van der Waals surface area contributed by atoms with E-state index in [-0.39, 0.29) is 23.0 Å². The van der Waals surface area contributed by atoms with Gasteiger partial charge in [-0.2, -0.15) is 0 Å². The molecule has 1 aromatic heterocycles. The number of anilines is 1. The van der Waals surface area contributed by atoms with Gasteiger partial charge in [0.25, 0.3) is 0 Å². The fourth-order valence-corrected chi connectivity index (χ4v) is 5.90. The lowest BCUT2D eigenvalue weighted by Crippen LogP contribution is -2.49. The van der Waals surface area contributed by atoms with Crippen molar-refractivity contribution in [3.63, 3.8) is 0 Å². The second-order valence-corrected chi connectivity index (χ2v) is 9.94. The number of hydrogen-bond acceptors (Lipinski definition) is 6. The summed E-state index contributed by atoms with van der Waals surface area (Å²) in [5.41, 5.74) is 1.85. The fraction of sp³-hybridized carbons (Fsp3) is 0.783. The molecule has 0 bridgehead atoms. The molecule has 0 aromatic carbocycles. The van der Waals surface area contributed by atoms with Gasteiger partial charge < -0.3 is 19.3 Å². The molecule has 7 nitrogen and oxygen atoms in total. The highest BCUT2D eigenvalue weighted by molar-refractivity contribution is 5.84. The van der Waals surface area contributed by atoms with E-state index in [1.165, 1.54) is 6.42 Å². The number of carbonyl (C=O) groups is 1. The standard InChI is InChI=1S/C23H34N4O3/c1-4-22(6-5-7-22)20(28)26-9-8-23(14-26)15-29-13-18-10-24-21(25-19(18)23)27-11-16(2)30-17(3)12-27/h10,16-17H,4-9,11-15H2,1-3H3/t16-,17-,23-/m1/s1. The molecule has 0 unspecified atom stereocenters. The summed E-state index contributed by atoms with van der Waals surface area (Å²) in [5, 5.41) is 0. The molecule has 1 aromatic rings. The molecule has 2 saturated heterocycles. The Bertz CT molecular complexity index is 811. The van der Waals surface area contributed by atoms with Gasteiger partial charge in [-0.3, -0.25) is 4.79 Å². The summed E-state index contributed by atoms with van der Waals surface area (Å²) in [6.07, 6.45) is 7.39. The highest BCUT2D eigenvalue weighted by Gasteiger charge is 2.51. The summed E-state index contributed by atoms with van der Waals surface area (Å²) in [6, 6.07) is 0. The maximum atomic E-state index is 13.3. The molecule has 164 valence electrons. The summed E-state index contributed by atoms with van der Waals surface area (Å²) < 4.78 is 11.9. The van der Waals surface area contributed by atoms with Gasteiger partial charge in [-0.1, -0.05) is 13.3 Å². The molecule has 1 aliphatic carbocycles. The molecule has 1 amide bonds. The third-order valence-electron chi connectivity index (χ3n) is 7.77. The molecule has 4 heterocycles. The van der Waals surface area contributed by atoms with E-state index in [1.54, 1.807) is 0 Å². The van der Waals surface area contributed by atoms with E-state index < -0.39 is 0 Å². The number of morpholine rings is 1. The largest absolute Gasteiger partial charge is 0.376 e. The van der Waals surface area contributed by atoms with Crippen LogP contribution >= 0.6 is 0 Å². The van der Waals surface area contributed by atoms with Crippen LogP contribution in [0.25, 0.3) is 0 Å². The number of nitrogens with zero attached hydrogens (tertiary/aromatic N) is 4. The Kier molecular flexibility index (Phi) is 5.01. The topological polar surface area (TPSA) is 67.8 Å². The minimum absolute atomic E-state index is 0.110. The Morgan fingerprint density at radius 1 is 1.23 bits per heavy atom. The van der Waals surface area contributed by atoms with Crippen molar-refractivity contribution in [2.75, 3.05) is 37.7 Å². The number of likely N-dealkylation sites (tertiary alicyclic amines) is 1. The lowest BCUT2D eigenvalue weighted by Gasteiger charge is -2.43. The zero-order valence-electron chi connectivity index (χ0n) is 18.5. The first-order chi connectivity index (χ1) is 14.4. The van der Waals surface area contributed by atoms with Crippen molar-refractivity contribution in [3.05, 3.63) is 17.5 Å². The third-order valence-corrected chi connectivity index (χ3v) is 7.77. The first-order valence-electron chi connectivity index (χ1n) is 11.6. The number of hydrogen-bond donors (Lipinski definition) is 0. The van der Waals surface area contributed by atoms with E-state index in [0.29, 0.717) is 25.7 Å². The lowest BCUT2D eigenvalue weighted by atomic mass is 9.66. The second kappa shape index (κ2) is 7.45. The molecular formula is C23H34N4O3. The van der Waals surface area contributed by atoms with Crippen LogP contribution in [0.5, 0.6) is 0 Å². The third kappa shape index (κ3) is 3.21. The first kappa shape index (κ1) is 20.2. The Morgan fingerprint density at radius 2 is 2.00 bits per heavy atom. The van der Waals surface area contributed by atoms with Crippen LogP contribution in [-0.4, -0.2) is 65.8 Å². The van der Waals surface area contributed by atoms with Gasteiger partial charge in [0.15, 0.2) is 0 Å². The van der Waals surface area contributed by atoms with E-state index in [2.05, 4.69) is 35.6 Å². The molecule has 5 rings (SSSR count). The minimum atomic E-state index is -0.205. The molecule has 0 radical (unpaired) electrons. The maximum absolute atomic E-state index is 13.3. The summed E-state index contributed by atoms with van der Waals surface area (Å²) in [6.45, 7) is 10.7. The molecule has 3 atom stereocenters. The minimum Gasteiger partial charge on any atom is -0.376 e. The number of rotatable bonds is 3. The highest BCUT2D eigenvalue weighted by Crippen LogP contribution is 2.48. The zero-order chi connectivity index (χ0) is 20.9.